The van der Waals surface area contributed by atoms with E-state index < -0.39 is 7.14 Å². The smallest absolute Gasteiger partial charge is 0.261 e. The zero-order chi connectivity index (χ0) is 11.9. The molecule has 5 heteroatoms. The molecule has 1 aromatic carbocycles. The third kappa shape index (κ3) is 1.81. The maximum absolute atomic E-state index is 11.9. The average Bonchev–Trinajstić information content (AvgIpc) is 2.43. The summed E-state index contributed by atoms with van der Waals surface area (Å²) in [6.07, 6.45) is 0.0132. The second kappa shape index (κ2) is 3.56. The lowest BCUT2D eigenvalue weighted by Gasteiger charge is -2.16. The fourth-order valence-corrected chi connectivity index (χ4v) is 2.65. The largest absolute Gasteiger partial charge is 0.322 e. The van der Waals surface area contributed by atoms with Gasteiger partial charge in [-0.05, 0) is 25.5 Å². The Morgan fingerprint density at radius 3 is 1.88 bits per heavy atom. The molecule has 16 heavy (non-hydrogen) atoms. The van der Waals surface area contributed by atoms with E-state index in [1.807, 2.05) is 0 Å². The van der Waals surface area contributed by atoms with E-state index in [4.69, 9.17) is 0 Å². The number of hydrogen-bond acceptors (Lipinski definition) is 3. The minimum absolute atomic E-state index is 0.0132. The van der Waals surface area contributed by atoms with E-state index in [1.54, 1.807) is 37.6 Å². The molecule has 1 aliphatic rings. The molecule has 0 fully saturated rings. The van der Waals surface area contributed by atoms with Crippen LogP contribution in [-0.2, 0) is 4.57 Å². The zero-order valence-corrected chi connectivity index (χ0v) is 10.0. The molecule has 0 saturated heterocycles. The minimum Gasteiger partial charge on any atom is -0.322 e. The van der Waals surface area contributed by atoms with Crippen LogP contribution in [-0.4, -0.2) is 36.3 Å². The van der Waals surface area contributed by atoms with Crippen molar-refractivity contribution in [1.82, 2.24) is 4.90 Å². The van der Waals surface area contributed by atoms with Gasteiger partial charge in [0.25, 0.3) is 11.8 Å². The van der Waals surface area contributed by atoms with Gasteiger partial charge in [-0.1, -0.05) is 12.1 Å². The lowest BCUT2D eigenvalue weighted by Crippen LogP contribution is -2.30. The fourth-order valence-electron chi connectivity index (χ4n) is 1.71. The Labute approximate surface area is 93.6 Å². The van der Waals surface area contributed by atoms with Gasteiger partial charge in [-0.15, -0.1) is 0 Å². The molecule has 4 nitrogen and oxygen atoms in total. The monoisotopic (exact) mass is 237 g/mol. The number of fused-ring (bicyclic) bond motifs is 1. The van der Waals surface area contributed by atoms with Crippen molar-refractivity contribution < 1.29 is 14.2 Å². The molecule has 0 atom stereocenters. The first-order valence-electron chi connectivity index (χ1n) is 4.89. The summed E-state index contributed by atoms with van der Waals surface area (Å²) in [5.74, 6) is -0.686. The highest BCUT2D eigenvalue weighted by Gasteiger charge is 2.36. The van der Waals surface area contributed by atoms with E-state index in [0.29, 0.717) is 11.1 Å². The maximum atomic E-state index is 11.9. The fraction of sp³-hybridized carbons (Fsp3) is 0.273. The van der Waals surface area contributed by atoms with Crippen LogP contribution in [0, 0.1) is 0 Å². The van der Waals surface area contributed by atoms with Crippen molar-refractivity contribution in [3.05, 3.63) is 35.4 Å². The van der Waals surface area contributed by atoms with Crippen molar-refractivity contribution >= 4 is 19.0 Å². The third-order valence-corrected chi connectivity index (χ3v) is 3.32. The summed E-state index contributed by atoms with van der Waals surface area (Å²) in [6.45, 7) is 3.13. The first kappa shape index (κ1) is 11.1. The molecule has 0 aromatic heterocycles. The average molecular weight is 237 g/mol. The van der Waals surface area contributed by atoms with Crippen molar-refractivity contribution in [1.29, 1.82) is 0 Å². The number of amides is 2. The lowest BCUT2D eigenvalue weighted by molar-refractivity contribution is 0.0680. The van der Waals surface area contributed by atoms with Crippen molar-refractivity contribution in [2.75, 3.05) is 19.6 Å². The van der Waals surface area contributed by atoms with E-state index in [0.717, 1.165) is 4.90 Å². The van der Waals surface area contributed by atoms with Crippen LogP contribution in [0.5, 0.6) is 0 Å². The molecule has 0 aliphatic carbocycles. The number of rotatable bonds is 2. The molecule has 1 heterocycles. The molecule has 0 unspecified atom stereocenters. The summed E-state index contributed by atoms with van der Waals surface area (Å²) in [5, 5.41) is 0. The molecule has 2 rings (SSSR count). The number of hydrogen-bond donors (Lipinski definition) is 0. The standard InChI is InChI=1S/C11H12NO3P/c1-16(2,15)7-12-10(13)8-5-3-4-6-9(8)11(12)14/h3-6H,7H2,1-2H3. The predicted octanol–water partition coefficient (Wildman–Crippen LogP) is 1.86. The van der Waals surface area contributed by atoms with Crippen LogP contribution in [0.25, 0.3) is 0 Å². The molecule has 1 aliphatic heterocycles. The molecule has 0 radical (unpaired) electrons. The second-order valence-corrected chi connectivity index (χ2v) is 7.73. The molecule has 0 spiro atoms. The van der Waals surface area contributed by atoms with E-state index in [1.165, 1.54) is 0 Å². The molecule has 1 aromatic rings. The first-order valence-corrected chi connectivity index (χ1v) is 7.68. The van der Waals surface area contributed by atoms with Gasteiger partial charge in [0.05, 0.1) is 17.4 Å². The minimum atomic E-state index is -2.43. The van der Waals surface area contributed by atoms with Crippen LogP contribution in [0.1, 0.15) is 20.7 Å². The van der Waals surface area contributed by atoms with Gasteiger partial charge in [-0.3, -0.25) is 14.5 Å². The van der Waals surface area contributed by atoms with Gasteiger partial charge >= 0.3 is 0 Å². The van der Waals surface area contributed by atoms with Crippen LogP contribution in [0.4, 0.5) is 0 Å². The quantitative estimate of drug-likeness (QED) is 0.582. The van der Waals surface area contributed by atoms with E-state index in [9.17, 15) is 14.2 Å². The summed E-state index contributed by atoms with van der Waals surface area (Å²) in [6, 6.07) is 6.66. The molecule has 84 valence electrons. The van der Waals surface area contributed by atoms with Crippen molar-refractivity contribution in [2.24, 2.45) is 0 Å². The predicted molar refractivity (Wildman–Crippen MR) is 61.3 cm³/mol. The normalized spacial score (nSPS) is 15.5. The number of carbonyl (C=O) groups is 2. The number of benzene rings is 1. The Hall–Kier alpha value is -1.41. The van der Waals surface area contributed by atoms with E-state index in [-0.39, 0.29) is 18.1 Å². The molecular weight excluding hydrogens is 225 g/mol. The van der Waals surface area contributed by atoms with Gasteiger partial charge in [0, 0.05) is 0 Å². The lowest BCUT2D eigenvalue weighted by atomic mass is 10.1. The molecule has 0 bridgehead atoms. The van der Waals surface area contributed by atoms with Crippen LogP contribution in [0.3, 0.4) is 0 Å². The Kier molecular flexibility index (Phi) is 2.47. The van der Waals surface area contributed by atoms with Gasteiger partial charge in [-0.25, -0.2) is 0 Å². The molecule has 0 N–H and O–H groups in total. The Balaban J connectivity index is 2.39. The van der Waals surface area contributed by atoms with Crippen LogP contribution in [0.15, 0.2) is 24.3 Å². The Bertz CT molecular complexity index is 483. The Morgan fingerprint density at radius 2 is 1.50 bits per heavy atom. The summed E-state index contributed by atoms with van der Waals surface area (Å²) < 4.78 is 11.7. The topological polar surface area (TPSA) is 54.5 Å². The third-order valence-electron chi connectivity index (χ3n) is 2.36. The Morgan fingerprint density at radius 1 is 1.06 bits per heavy atom. The highest BCUT2D eigenvalue weighted by molar-refractivity contribution is 7.62. The molecule has 2 amide bonds. The van der Waals surface area contributed by atoms with E-state index in [2.05, 4.69) is 0 Å². The summed E-state index contributed by atoms with van der Waals surface area (Å²) in [5.41, 5.74) is 0.807. The number of carbonyl (C=O) groups excluding carboxylic acids is 2. The zero-order valence-electron chi connectivity index (χ0n) is 9.14. The van der Waals surface area contributed by atoms with Gasteiger partial charge in [0.2, 0.25) is 0 Å². The highest BCUT2D eigenvalue weighted by Crippen LogP contribution is 2.39. The van der Waals surface area contributed by atoms with E-state index >= 15 is 0 Å². The van der Waals surface area contributed by atoms with Crippen LogP contribution in [0.2, 0.25) is 0 Å². The van der Waals surface area contributed by atoms with Crippen LogP contribution >= 0.6 is 7.14 Å². The second-order valence-electron chi connectivity index (χ2n) is 4.30. The van der Waals surface area contributed by atoms with Gasteiger partial charge in [0.1, 0.15) is 7.14 Å². The summed E-state index contributed by atoms with van der Waals surface area (Å²) in [7, 11) is -2.43. The van der Waals surface area contributed by atoms with Crippen molar-refractivity contribution in [3.63, 3.8) is 0 Å². The van der Waals surface area contributed by atoms with Gasteiger partial charge in [0.15, 0.2) is 0 Å². The molecule has 0 saturated carbocycles. The highest BCUT2D eigenvalue weighted by atomic mass is 31.2. The number of imide groups is 1. The van der Waals surface area contributed by atoms with Crippen molar-refractivity contribution in [3.8, 4) is 0 Å². The first-order chi connectivity index (χ1) is 7.40. The van der Waals surface area contributed by atoms with Gasteiger partial charge < -0.3 is 4.57 Å². The van der Waals surface area contributed by atoms with Gasteiger partial charge in [-0.2, -0.15) is 0 Å². The molecular formula is C11H12NO3P. The van der Waals surface area contributed by atoms with Crippen LogP contribution < -0.4 is 0 Å². The maximum Gasteiger partial charge on any atom is 0.261 e. The summed E-state index contributed by atoms with van der Waals surface area (Å²) in [4.78, 5) is 24.8. The summed E-state index contributed by atoms with van der Waals surface area (Å²) >= 11 is 0. The number of nitrogens with zero attached hydrogens (tertiary/aromatic N) is 1. The SMILES string of the molecule is CP(C)(=O)CN1C(=O)c2ccccc2C1=O. The van der Waals surface area contributed by atoms with Crippen molar-refractivity contribution in [2.45, 2.75) is 0 Å².